The van der Waals surface area contributed by atoms with Gasteiger partial charge >= 0.3 is 0 Å². The lowest BCUT2D eigenvalue weighted by molar-refractivity contribution is -0.121. The zero-order valence-corrected chi connectivity index (χ0v) is 24.4. The molecule has 2 aromatic carbocycles. The normalized spacial score (nSPS) is 20.5. The summed E-state index contributed by atoms with van der Waals surface area (Å²) in [5.74, 6) is 1.52. The van der Waals surface area contributed by atoms with Crippen LogP contribution in [0.3, 0.4) is 0 Å². The summed E-state index contributed by atoms with van der Waals surface area (Å²) < 4.78 is 5.87. The molecule has 0 spiro atoms. The molecule has 10 nitrogen and oxygen atoms in total. The molecule has 0 radical (unpaired) electrons. The maximum absolute atomic E-state index is 11.7. The van der Waals surface area contributed by atoms with Crippen LogP contribution in [0.4, 0.5) is 17.1 Å². The number of anilines is 3. The highest BCUT2D eigenvalue weighted by Crippen LogP contribution is 2.35. The van der Waals surface area contributed by atoms with Gasteiger partial charge in [0, 0.05) is 74.4 Å². The third-order valence-electron chi connectivity index (χ3n) is 7.56. The van der Waals surface area contributed by atoms with E-state index in [4.69, 9.17) is 15.5 Å². The first kappa shape index (κ1) is 29.2. The van der Waals surface area contributed by atoms with Gasteiger partial charge in [0.05, 0.1) is 18.0 Å². The summed E-state index contributed by atoms with van der Waals surface area (Å²) in [4.78, 5) is 21.3. The molecule has 1 saturated heterocycles. The van der Waals surface area contributed by atoms with E-state index in [1.165, 1.54) is 5.69 Å². The molecule has 0 aromatic heterocycles. The molecule has 3 aliphatic heterocycles. The number of fused-ring (bicyclic) bond motifs is 1. The van der Waals surface area contributed by atoms with E-state index in [1.807, 2.05) is 42.6 Å². The van der Waals surface area contributed by atoms with Gasteiger partial charge in [0.25, 0.3) is 0 Å². The molecule has 0 aliphatic carbocycles. The van der Waals surface area contributed by atoms with Gasteiger partial charge in [-0.1, -0.05) is 12.7 Å². The number of ether oxygens (including phenoxy) is 1. The van der Waals surface area contributed by atoms with Gasteiger partial charge in [-0.15, -0.1) is 0 Å². The molecule has 5 rings (SSSR count). The van der Waals surface area contributed by atoms with E-state index in [-0.39, 0.29) is 12.1 Å². The number of nitrogens with two attached hydrogens (primary N) is 1. The average molecular weight is 571 g/mol. The molecule has 1 amide bonds. The topological polar surface area (TPSA) is 119 Å². The highest BCUT2D eigenvalue weighted by Gasteiger charge is 2.24. The fourth-order valence-electron chi connectivity index (χ4n) is 5.06. The molecule has 2 aromatic rings. The largest absolute Gasteiger partial charge is 0.494 e. The number of benzene rings is 2. The third kappa shape index (κ3) is 7.71. The summed E-state index contributed by atoms with van der Waals surface area (Å²) >= 11 is 0. The number of carbonyl (C=O) groups excluding carboxylic acids is 1. The van der Waals surface area contributed by atoms with Crippen LogP contribution in [0.2, 0.25) is 0 Å². The Morgan fingerprint density at radius 2 is 1.86 bits per heavy atom. The zero-order valence-electron chi connectivity index (χ0n) is 24.4. The van der Waals surface area contributed by atoms with E-state index in [1.54, 1.807) is 0 Å². The number of hydrogen-bond donors (Lipinski definition) is 5. The molecule has 0 saturated carbocycles. The number of likely N-dealkylation sites (N-methyl/N-ethyl adjacent to an activating group) is 1. The standard InChI is InChI=1S/C32H42N8O2/c1-23-6-7-25(32-37-28-13-10-26(21-29(28)38-32)40-18-16-39(2)17-19-40)22-35-31(36-23)24-8-11-27(12-9-24)42-20-4-3-5-30(41)34-15-14-33/h6-13,21-22,32,37-38H,1,3-5,14-20,33H2,2H3,(H,34,41)(H,35,36)/b7-6-,25-22+. The van der Waals surface area contributed by atoms with E-state index in [9.17, 15) is 4.79 Å². The van der Waals surface area contributed by atoms with Crippen molar-refractivity contribution in [1.29, 1.82) is 0 Å². The van der Waals surface area contributed by atoms with Crippen LogP contribution in [0.25, 0.3) is 0 Å². The fraction of sp³-hybridized carbons (Fsp3) is 0.375. The Morgan fingerprint density at radius 3 is 2.64 bits per heavy atom. The van der Waals surface area contributed by atoms with Crippen LogP contribution in [0, 0.1) is 0 Å². The second kappa shape index (κ2) is 14.1. The van der Waals surface area contributed by atoms with Crippen LogP contribution in [-0.2, 0) is 4.79 Å². The lowest BCUT2D eigenvalue weighted by atomic mass is 10.1. The Balaban J connectivity index is 1.18. The van der Waals surface area contributed by atoms with E-state index < -0.39 is 0 Å². The predicted molar refractivity (Wildman–Crippen MR) is 171 cm³/mol. The van der Waals surface area contributed by atoms with Crippen molar-refractivity contribution < 1.29 is 9.53 Å². The van der Waals surface area contributed by atoms with Crippen molar-refractivity contribution >= 4 is 28.8 Å². The number of hydrogen-bond acceptors (Lipinski definition) is 9. The van der Waals surface area contributed by atoms with Crippen molar-refractivity contribution in [3.8, 4) is 5.75 Å². The number of carbonyl (C=O) groups is 1. The summed E-state index contributed by atoms with van der Waals surface area (Å²) in [5.41, 5.74) is 11.5. The van der Waals surface area contributed by atoms with Crippen LogP contribution in [0.5, 0.6) is 5.75 Å². The molecule has 1 unspecified atom stereocenters. The van der Waals surface area contributed by atoms with Gasteiger partial charge in [-0.05, 0) is 68.4 Å². The van der Waals surface area contributed by atoms with E-state index in [0.717, 1.165) is 73.0 Å². The summed E-state index contributed by atoms with van der Waals surface area (Å²) in [6.07, 6.45) is 7.84. The van der Waals surface area contributed by atoms with Gasteiger partial charge in [0.15, 0.2) is 0 Å². The first-order valence-corrected chi connectivity index (χ1v) is 14.7. The van der Waals surface area contributed by atoms with Crippen LogP contribution < -0.4 is 36.6 Å². The maximum atomic E-state index is 11.7. The Hall–Kier alpha value is -4.28. The number of piperazine rings is 1. The summed E-state index contributed by atoms with van der Waals surface area (Å²) in [6, 6.07) is 14.4. The SMILES string of the molecule is C=C1/C=C\C(C2Nc3ccc(N4CCN(C)CC4)cc3N2)=C/N=C(c2ccc(OCCCCC(=O)NCCN)cc2)N1. The zero-order chi connectivity index (χ0) is 29.3. The van der Waals surface area contributed by atoms with Crippen molar-refractivity contribution in [2.45, 2.75) is 25.4 Å². The maximum Gasteiger partial charge on any atom is 0.220 e. The fourth-order valence-corrected chi connectivity index (χ4v) is 5.06. The van der Waals surface area contributed by atoms with Crippen LogP contribution in [0.1, 0.15) is 24.8 Å². The highest BCUT2D eigenvalue weighted by atomic mass is 16.5. The minimum Gasteiger partial charge on any atom is -0.494 e. The highest BCUT2D eigenvalue weighted by molar-refractivity contribution is 6.00. The van der Waals surface area contributed by atoms with Gasteiger partial charge in [0.2, 0.25) is 5.91 Å². The number of unbranched alkanes of at least 4 members (excludes halogenated alkanes) is 1. The Labute approximate surface area is 248 Å². The Bertz CT molecular complexity index is 1340. The van der Waals surface area contributed by atoms with E-state index in [0.29, 0.717) is 32.0 Å². The van der Waals surface area contributed by atoms with Crippen molar-refractivity contribution in [3.63, 3.8) is 0 Å². The van der Waals surface area contributed by atoms with Crippen LogP contribution in [0.15, 0.2) is 83.7 Å². The number of allylic oxidation sites excluding steroid dienone is 1. The van der Waals surface area contributed by atoms with Crippen LogP contribution >= 0.6 is 0 Å². The third-order valence-corrected chi connectivity index (χ3v) is 7.56. The second-order valence-corrected chi connectivity index (χ2v) is 10.8. The molecule has 3 aliphatic rings. The minimum absolute atomic E-state index is 0.0327. The number of amidine groups is 1. The van der Waals surface area contributed by atoms with E-state index >= 15 is 0 Å². The number of aliphatic imine (C=N–C) groups is 1. The predicted octanol–water partition coefficient (Wildman–Crippen LogP) is 3.23. The summed E-state index contributed by atoms with van der Waals surface area (Å²) in [5, 5.41) is 13.3. The minimum atomic E-state index is -0.0996. The summed E-state index contributed by atoms with van der Waals surface area (Å²) in [6.45, 7) is 9.91. The molecule has 222 valence electrons. The van der Waals surface area contributed by atoms with Gasteiger partial charge in [-0.3, -0.25) is 4.79 Å². The molecule has 6 N–H and O–H groups in total. The van der Waals surface area contributed by atoms with Crippen molar-refractivity contribution in [2.24, 2.45) is 10.7 Å². The van der Waals surface area contributed by atoms with E-state index in [2.05, 4.69) is 62.9 Å². The monoisotopic (exact) mass is 570 g/mol. The molecule has 3 heterocycles. The molecular formula is C32H42N8O2. The summed E-state index contributed by atoms with van der Waals surface area (Å²) in [7, 11) is 2.17. The van der Waals surface area contributed by atoms with Gasteiger partial charge in [-0.25, -0.2) is 4.99 Å². The van der Waals surface area contributed by atoms with Crippen LogP contribution in [-0.4, -0.2) is 75.7 Å². The molecule has 1 atom stereocenters. The van der Waals surface area contributed by atoms with Gasteiger partial charge in [0.1, 0.15) is 17.8 Å². The quantitative estimate of drug-likeness (QED) is 0.261. The molecule has 10 heteroatoms. The molecule has 1 fully saturated rings. The molecular weight excluding hydrogens is 528 g/mol. The smallest absolute Gasteiger partial charge is 0.220 e. The molecule has 42 heavy (non-hydrogen) atoms. The van der Waals surface area contributed by atoms with Crippen molar-refractivity contribution in [1.82, 2.24) is 15.5 Å². The van der Waals surface area contributed by atoms with Gasteiger partial charge < -0.3 is 41.5 Å². The number of rotatable bonds is 11. The molecule has 0 bridgehead atoms. The Kier molecular flexibility index (Phi) is 9.78. The lowest BCUT2D eigenvalue weighted by Gasteiger charge is -2.34. The number of nitrogens with one attached hydrogen (secondary N) is 4. The Morgan fingerprint density at radius 1 is 1.07 bits per heavy atom. The van der Waals surface area contributed by atoms with Gasteiger partial charge in [-0.2, -0.15) is 0 Å². The number of amides is 1. The average Bonchev–Trinajstić information content (AvgIpc) is 3.42. The second-order valence-electron chi connectivity index (χ2n) is 10.8. The lowest BCUT2D eigenvalue weighted by Crippen LogP contribution is -2.44. The van der Waals surface area contributed by atoms with Crippen molar-refractivity contribution in [2.75, 3.05) is 68.5 Å². The number of nitrogens with zero attached hydrogens (tertiary/aromatic N) is 3. The van der Waals surface area contributed by atoms with Crippen molar-refractivity contribution in [3.05, 3.63) is 84.2 Å². The first-order valence-electron chi connectivity index (χ1n) is 14.7. The first-order chi connectivity index (χ1) is 20.5.